The van der Waals surface area contributed by atoms with Crippen molar-refractivity contribution in [2.75, 3.05) is 0 Å². The summed E-state index contributed by atoms with van der Waals surface area (Å²) in [7, 11) is 0. The minimum atomic E-state index is -0.146. The van der Waals surface area contributed by atoms with Crippen molar-refractivity contribution in [3.8, 4) is 11.5 Å². The first-order valence-corrected chi connectivity index (χ1v) is 4.36. The Morgan fingerprint density at radius 1 is 1.00 bits per heavy atom. The predicted octanol–water partition coefficient (Wildman–Crippen LogP) is 2.70. The Morgan fingerprint density at radius 2 is 1.46 bits per heavy atom. The second-order valence-corrected chi connectivity index (χ2v) is 4.35. The van der Waals surface area contributed by atoms with E-state index in [1.54, 1.807) is 0 Å². The summed E-state index contributed by atoms with van der Waals surface area (Å²) in [5.41, 5.74) is 1.42. The van der Waals surface area contributed by atoms with Crippen LogP contribution in [-0.2, 0) is 5.41 Å². The van der Waals surface area contributed by atoms with Gasteiger partial charge in [0.2, 0.25) is 0 Å². The monoisotopic (exact) mass is 180 g/mol. The SMILES string of the molecule is Cc1c(O)ccc(O)c1C(C)(C)C. The van der Waals surface area contributed by atoms with Crippen LogP contribution in [0, 0.1) is 6.92 Å². The summed E-state index contributed by atoms with van der Waals surface area (Å²) in [6.45, 7) is 7.84. The maximum atomic E-state index is 9.64. The van der Waals surface area contributed by atoms with E-state index in [0.29, 0.717) is 0 Å². The van der Waals surface area contributed by atoms with Gasteiger partial charge in [0.15, 0.2) is 0 Å². The van der Waals surface area contributed by atoms with E-state index in [4.69, 9.17) is 0 Å². The summed E-state index contributed by atoms with van der Waals surface area (Å²) in [6, 6.07) is 3.04. The fourth-order valence-electron chi connectivity index (χ4n) is 1.63. The molecule has 0 spiro atoms. The quantitative estimate of drug-likeness (QED) is 0.603. The van der Waals surface area contributed by atoms with Crippen LogP contribution >= 0.6 is 0 Å². The highest BCUT2D eigenvalue weighted by atomic mass is 16.3. The van der Waals surface area contributed by atoms with E-state index >= 15 is 0 Å². The van der Waals surface area contributed by atoms with Crippen LogP contribution in [0.4, 0.5) is 0 Å². The highest BCUT2D eigenvalue weighted by Gasteiger charge is 2.21. The Kier molecular flexibility index (Phi) is 2.24. The zero-order chi connectivity index (χ0) is 10.2. The lowest BCUT2D eigenvalue weighted by Gasteiger charge is -2.23. The summed E-state index contributed by atoms with van der Waals surface area (Å²) in [4.78, 5) is 0. The van der Waals surface area contributed by atoms with Gasteiger partial charge in [-0.3, -0.25) is 0 Å². The van der Waals surface area contributed by atoms with E-state index in [1.165, 1.54) is 12.1 Å². The molecule has 2 N–H and O–H groups in total. The van der Waals surface area contributed by atoms with Crippen LogP contribution in [0.3, 0.4) is 0 Å². The number of benzene rings is 1. The Balaban J connectivity index is 3.43. The molecule has 0 fully saturated rings. The molecule has 1 aromatic carbocycles. The number of hydrogen-bond acceptors (Lipinski definition) is 2. The lowest BCUT2D eigenvalue weighted by atomic mass is 9.83. The van der Waals surface area contributed by atoms with Gasteiger partial charge in [0.25, 0.3) is 0 Å². The molecule has 0 radical (unpaired) electrons. The second-order valence-electron chi connectivity index (χ2n) is 4.35. The number of hydrogen-bond donors (Lipinski definition) is 2. The van der Waals surface area contributed by atoms with E-state index in [2.05, 4.69) is 0 Å². The maximum Gasteiger partial charge on any atom is 0.119 e. The third-order valence-corrected chi connectivity index (χ3v) is 2.16. The van der Waals surface area contributed by atoms with Gasteiger partial charge in [0.05, 0.1) is 0 Å². The van der Waals surface area contributed by atoms with Gasteiger partial charge in [-0.25, -0.2) is 0 Å². The van der Waals surface area contributed by atoms with Crippen molar-refractivity contribution in [2.45, 2.75) is 33.1 Å². The fourth-order valence-corrected chi connectivity index (χ4v) is 1.63. The largest absolute Gasteiger partial charge is 0.508 e. The molecule has 72 valence electrons. The molecule has 2 nitrogen and oxygen atoms in total. The molecule has 0 amide bonds. The van der Waals surface area contributed by atoms with Crippen molar-refractivity contribution in [3.63, 3.8) is 0 Å². The van der Waals surface area contributed by atoms with E-state index in [0.717, 1.165) is 11.1 Å². The van der Waals surface area contributed by atoms with Gasteiger partial charge in [0, 0.05) is 5.56 Å². The van der Waals surface area contributed by atoms with Crippen molar-refractivity contribution in [1.82, 2.24) is 0 Å². The minimum absolute atomic E-state index is 0.146. The minimum Gasteiger partial charge on any atom is -0.508 e. The lowest BCUT2D eigenvalue weighted by Crippen LogP contribution is -2.13. The van der Waals surface area contributed by atoms with Crippen LogP contribution in [0.15, 0.2) is 12.1 Å². The van der Waals surface area contributed by atoms with Gasteiger partial charge in [0.1, 0.15) is 11.5 Å². The van der Waals surface area contributed by atoms with Crippen molar-refractivity contribution < 1.29 is 10.2 Å². The van der Waals surface area contributed by atoms with Crippen LogP contribution in [-0.4, -0.2) is 10.2 Å². The molecule has 13 heavy (non-hydrogen) atoms. The molecule has 0 unspecified atom stereocenters. The first-order chi connectivity index (χ1) is 5.84. The Morgan fingerprint density at radius 3 is 1.85 bits per heavy atom. The molecular weight excluding hydrogens is 164 g/mol. The van der Waals surface area contributed by atoms with Crippen molar-refractivity contribution in [2.24, 2.45) is 0 Å². The number of phenolic OH excluding ortho intramolecular Hbond substituents is 2. The molecule has 0 aromatic heterocycles. The van der Waals surface area contributed by atoms with Crippen LogP contribution in [0.5, 0.6) is 11.5 Å². The van der Waals surface area contributed by atoms with Gasteiger partial charge in [-0.15, -0.1) is 0 Å². The molecule has 0 atom stereocenters. The van der Waals surface area contributed by atoms with Crippen molar-refractivity contribution >= 4 is 0 Å². The standard InChI is InChI=1S/C11H16O2/c1-7-8(12)5-6-9(13)10(7)11(2,3)4/h5-6,12-13H,1-4H3. The van der Waals surface area contributed by atoms with Crippen LogP contribution in [0.25, 0.3) is 0 Å². The van der Waals surface area contributed by atoms with E-state index in [-0.39, 0.29) is 16.9 Å². The smallest absolute Gasteiger partial charge is 0.119 e. The second kappa shape index (κ2) is 2.95. The summed E-state index contributed by atoms with van der Waals surface area (Å²) < 4.78 is 0. The predicted molar refractivity (Wildman–Crippen MR) is 53.2 cm³/mol. The summed E-state index contributed by atoms with van der Waals surface area (Å²) in [5.74, 6) is 0.491. The average Bonchev–Trinajstić information content (AvgIpc) is 1.95. The topological polar surface area (TPSA) is 40.5 Å². The van der Waals surface area contributed by atoms with Crippen molar-refractivity contribution in [3.05, 3.63) is 23.3 Å². The maximum absolute atomic E-state index is 9.64. The first kappa shape index (κ1) is 9.90. The summed E-state index contributed by atoms with van der Waals surface area (Å²) in [6.07, 6.45) is 0. The van der Waals surface area contributed by atoms with Crippen LogP contribution in [0.1, 0.15) is 31.9 Å². The normalized spacial score (nSPS) is 11.7. The van der Waals surface area contributed by atoms with Crippen LogP contribution < -0.4 is 0 Å². The molecule has 1 aromatic rings. The first-order valence-electron chi connectivity index (χ1n) is 4.36. The molecule has 0 heterocycles. The van der Waals surface area contributed by atoms with Gasteiger partial charge < -0.3 is 10.2 Å². The van der Waals surface area contributed by atoms with Gasteiger partial charge in [-0.2, -0.15) is 0 Å². The van der Waals surface area contributed by atoms with E-state index in [1.807, 2.05) is 27.7 Å². The molecule has 0 aliphatic carbocycles. The molecule has 0 bridgehead atoms. The zero-order valence-electron chi connectivity index (χ0n) is 8.55. The zero-order valence-corrected chi connectivity index (χ0v) is 8.55. The third kappa shape index (κ3) is 1.77. The van der Waals surface area contributed by atoms with E-state index < -0.39 is 0 Å². The van der Waals surface area contributed by atoms with Gasteiger partial charge in [-0.1, -0.05) is 20.8 Å². The summed E-state index contributed by atoms with van der Waals surface area (Å²) in [5, 5.41) is 19.1. The molecule has 0 aliphatic heterocycles. The molecule has 0 saturated carbocycles. The molecule has 0 aliphatic rings. The Hall–Kier alpha value is -1.18. The van der Waals surface area contributed by atoms with Crippen LogP contribution in [0.2, 0.25) is 0 Å². The Labute approximate surface area is 78.8 Å². The van der Waals surface area contributed by atoms with Gasteiger partial charge in [-0.05, 0) is 30.0 Å². The number of rotatable bonds is 0. The molecule has 1 rings (SSSR count). The Bertz CT molecular complexity index is 322. The molecular formula is C11H16O2. The highest BCUT2D eigenvalue weighted by Crippen LogP contribution is 2.36. The lowest BCUT2D eigenvalue weighted by molar-refractivity contribution is 0.431. The number of phenols is 2. The van der Waals surface area contributed by atoms with Gasteiger partial charge >= 0.3 is 0 Å². The highest BCUT2D eigenvalue weighted by molar-refractivity contribution is 5.49. The van der Waals surface area contributed by atoms with Crippen molar-refractivity contribution in [1.29, 1.82) is 0 Å². The molecule has 2 heteroatoms. The molecule has 0 saturated heterocycles. The van der Waals surface area contributed by atoms with E-state index in [9.17, 15) is 10.2 Å². The summed E-state index contributed by atoms with van der Waals surface area (Å²) >= 11 is 0. The fraction of sp³-hybridized carbons (Fsp3) is 0.455. The third-order valence-electron chi connectivity index (χ3n) is 2.16. The number of aromatic hydroxyl groups is 2. The average molecular weight is 180 g/mol.